The molecule has 1 aromatic carbocycles. The fraction of sp³-hybridized carbons (Fsp3) is 0.571. The van der Waals surface area contributed by atoms with Crippen LogP contribution in [0.5, 0.6) is 0 Å². The number of nitrogens with two attached hydrogens (primary N) is 1. The van der Waals surface area contributed by atoms with Crippen LogP contribution < -0.4 is 5.73 Å². The predicted molar refractivity (Wildman–Crippen MR) is 69.2 cm³/mol. The molecule has 0 aromatic heterocycles. The fourth-order valence-electron chi connectivity index (χ4n) is 2.67. The lowest BCUT2D eigenvalue weighted by Crippen LogP contribution is -2.32. The maximum Gasteiger partial charge on any atom is 0.0359 e. The zero-order chi connectivity index (χ0) is 11.4. The molecule has 0 atom stereocenters. The van der Waals surface area contributed by atoms with Gasteiger partial charge in [0.15, 0.2) is 0 Å². The molecule has 0 amide bonds. The third-order valence-electron chi connectivity index (χ3n) is 3.68. The van der Waals surface area contributed by atoms with E-state index in [1.165, 1.54) is 31.2 Å². The smallest absolute Gasteiger partial charge is 0.0359 e. The van der Waals surface area contributed by atoms with Gasteiger partial charge in [0.05, 0.1) is 0 Å². The molecule has 1 aliphatic carbocycles. The first-order valence-corrected chi connectivity index (χ1v) is 6.38. The van der Waals surface area contributed by atoms with Gasteiger partial charge in [-0.15, -0.1) is 0 Å². The van der Waals surface area contributed by atoms with E-state index >= 15 is 0 Å². The molecule has 0 spiro atoms. The van der Waals surface area contributed by atoms with Crippen LogP contribution in [0.2, 0.25) is 0 Å². The summed E-state index contributed by atoms with van der Waals surface area (Å²) in [5.74, 6) is 0. The number of nitrogen functional groups attached to an aromatic ring is 1. The van der Waals surface area contributed by atoms with Crippen molar-refractivity contribution in [3.63, 3.8) is 0 Å². The highest BCUT2D eigenvalue weighted by molar-refractivity contribution is 5.46. The number of benzene rings is 1. The topological polar surface area (TPSA) is 29.3 Å². The molecule has 16 heavy (non-hydrogen) atoms. The molecule has 2 nitrogen and oxygen atoms in total. The summed E-state index contributed by atoms with van der Waals surface area (Å²) in [5.41, 5.74) is 8.20. The van der Waals surface area contributed by atoms with Gasteiger partial charge in [-0.05, 0) is 31.0 Å². The summed E-state index contributed by atoms with van der Waals surface area (Å²) in [6.45, 7) is 4.38. The van der Waals surface area contributed by atoms with E-state index in [1.807, 2.05) is 12.1 Å². The van der Waals surface area contributed by atoms with E-state index in [0.717, 1.165) is 24.8 Å². The van der Waals surface area contributed by atoms with Crippen LogP contribution in [0.4, 0.5) is 5.69 Å². The quantitative estimate of drug-likeness (QED) is 0.787. The molecule has 2 N–H and O–H groups in total. The molecule has 0 aliphatic heterocycles. The Morgan fingerprint density at radius 2 is 1.94 bits per heavy atom. The minimum Gasteiger partial charge on any atom is -0.398 e. The molecule has 1 aliphatic rings. The Morgan fingerprint density at radius 3 is 2.56 bits per heavy atom. The molecule has 1 saturated carbocycles. The maximum absolute atomic E-state index is 6.00. The highest BCUT2D eigenvalue weighted by Gasteiger charge is 2.21. The lowest BCUT2D eigenvalue weighted by molar-refractivity contribution is 0.200. The maximum atomic E-state index is 6.00. The van der Waals surface area contributed by atoms with Crippen molar-refractivity contribution in [1.82, 2.24) is 4.90 Å². The molecule has 88 valence electrons. The van der Waals surface area contributed by atoms with E-state index in [2.05, 4.69) is 24.0 Å². The van der Waals surface area contributed by atoms with Gasteiger partial charge in [0.25, 0.3) is 0 Å². The first-order chi connectivity index (χ1) is 7.81. The summed E-state index contributed by atoms with van der Waals surface area (Å²) in [6.07, 6.45) is 5.51. The molecule has 0 heterocycles. The summed E-state index contributed by atoms with van der Waals surface area (Å²) in [5, 5.41) is 0. The minimum atomic E-state index is 0.782. The van der Waals surface area contributed by atoms with Crippen molar-refractivity contribution in [2.75, 3.05) is 12.3 Å². The van der Waals surface area contributed by atoms with Crippen LogP contribution in [-0.4, -0.2) is 17.5 Å². The van der Waals surface area contributed by atoms with Gasteiger partial charge < -0.3 is 5.73 Å². The molecular weight excluding hydrogens is 196 g/mol. The molecule has 0 saturated heterocycles. The first kappa shape index (κ1) is 11.5. The van der Waals surface area contributed by atoms with Crippen LogP contribution in [0, 0.1) is 0 Å². The van der Waals surface area contributed by atoms with Gasteiger partial charge in [0.1, 0.15) is 0 Å². The average molecular weight is 218 g/mol. The molecule has 0 bridgehead atoms. The minimum absolute atomic E-state index is 0.782. The van der Waals surface area contributed by atoms with Crippen LogP contribution >= 0.6 is 0 Å². The summed E-state index contributed by atoms with van der Waals surface area (Å²) in [6, 6.07) is 9.01. The third kappa shape index (κ3) is 2.56. The number of hydrogen-bond acceptors (Lipinski definition) is 2. The van der Waals surface area contributed by atoms with E-state index in [9.17, 15) is 0 Å². The molecule has 2 heteroatoms. The van der Waals surface area contributed by atoms with Crippen LogP contribution in [-0.2, 0) is 6.54 Å². The highest BCUT2D eigenvalue weighted by Crippen LogP contribution is 2.25. The number of nitrogens with zero attached hydrogens (tertiary/aromatic N) is 1. The standard InChI is InChI=1S/C14H22N2/c1-2-16(13-8-4-5-9-13)11-12-7-3-6-10-14(12)15/h3,6-7,10,13H,2,4-5,8-9,11,15H2,1H3. The number of anilines is 1. The van der Waals surface area contributed by atoms with E-state index < -0.39 is 0 Å². The van der Waals surface area contributed by atoms with E-state index in [1.54, 1.807) is 0 Å². The Morgan fingerprint density at radius 1 is 1.25 bits per heavy atom. The second kappa shape index (κ2) is 5.35. The number of rotatable bonds is 4. The van der Waals surface area contributed by atoms with Crippen molar-refractivity contribution >= 4 is 5.69 Å². The van der Waals surface area contributed by atoms with Gasteiger partial charge >= 0.3 is 0 Å². The van der Waals surface area contributed by atoms with E-state index in [-0.39, 0.29) is 0 Å². The zero-order valence-electron chi connectivity index (χ0n) is 10.2. The van der Waals surface area contributed by atoms with Gasteiger partial charge in [0.2, 0.25) is 0 Å². The monoisotopic (exact) mass is 218 g/mol. The first-order valence-electron chi connectivity index (χ1n) is 6.38. The number of para-hydroxylation sites is 1. The predicted octanol–water partition coefficient (Wildman–Crippen LogP) is 3.03. The van der Waals surface area contributed by atoms with Crippen LogP contribution in [0.15, 0.2) is 24.3 Å². The van der Waals surface area contributed by atoms with Crippen molar-refractivity contribution in [2.24, 2.45) is 0 Å². The van der Waals surface area contributed by atoms with Crippen molar-refractivity contribution < 1.29 is 0 Å². The van der Waals surface area contributed by atoms with Gasteiger partial charge in [-0.2, -0.15) is 0 Å². The van der Waals surface area contributed by atoms with Gasteiger partial charge in [-0.3, -0.25) is 4.90 Å². The van der Waals surface area contributed by atoms with Crippen molar-refractivity contribution in [1.29, 1.82) is 0 Å². The van der Waals surface area contributed by atoms with Gasteiger partial charge in [-0.1, -0.05) is 38.0 Å². The third-order valence-corrected chi connectivity index (χ3v) is 3.68. The summed E-state index contributed by atoms with van der Waals surface area (Å²) in [7, 11) is 0. The van der Waals surface area contributed by atoms with Crippen LogP contribution in [0.3, 0.4) is 0 Å². The van der Waals surface area contributed by atoms with Crippen molar-refractivity contribution in [3.8, 4) is 0 Å². The second-order valence-corrected chi connectivity index (χ2v) is 4.70. The SMILES string of the molecule is CCN(Cc1ccccc1N)C1CCCC1. The largest absolute Gasteiger partial charge is 0.398 e. The summed E-state index contributed by atoms with van der Waals surface area (Å²) in [4.78, 5) is 2.57. The Hall–Kier alpha value is -1.02. The summed E-state index contributed by atoms with van der Waals surface area (Å²) >= 11 is 0. The average Bonchev–Trinajstić information content (AvgIpc) is 2.81. The Labute approximate surface area is 98.4 Å². The van der Waals surface area contributed by atoms with Crippen LogP contribution in [0.1, 0.15) is 38.2 Å². The normalized spacial score (nSPS) is 17.1. The van der Waals surface area contributed by atoms with Crippen molar-refractivity contribution in [3.05, 3.63) is 29.8 Å². The zero-order valence-corrected chi connectivity index (χ0v) is 10.2. The lowest BCUT2D eigenvalue weighted by Gasteiger charge is -2.27. The molecule has 0 radical (unpaired) electrons. The molecular formula is C14H22N2. The number of hydrogen-bond donors (Lipinski definition) is 1. The van der Waals surface area contributed by atoms with E-state index in [0.29, 0.717) is 0 Å². The van der Waals surface area contributed by atoms with Gasteiger partial charge in [-0.25, -0.2) is 0 Å². The van der Waals surface area contributed by atoms with Crippen LogP contribution in [0.25, 0.3) is 0 Å². The molecule has 2 rings (SSSR count). The lowest BCUT2D eigenvalue weighted by atomic mass is 10.1. The van der Waals surface area contributed by atoms with Crippen molar-refractivity contribution in [2.45, 2.75) is 45.2 Å². The Balaban J connectivity index is 2.03. The van der Waals surface area contributed by atoms with Gasteiger partial charge in [0, 0.05) is 18.3 Å². The molecule has 0 unspecified atom stereocenters. The highest BCUT2D eigenvalue weighted by atomic mass is 15.1. The van der Waals surface area contributed by atoms with E-state index in [4.69, 9.17) is 5.73 Å². The Bertz CT molecular complexity index is 329. The molecule has 1 aromatic rings. The summed E-state index contributed by atoms with van der Waals surface area (Å²) < 4.78 is 0. The Kier molecular flexibility index (Phi) is 3.83. The fourth-order valence-corrected chi connectivity index (χ4v) is 2.67. The molecule has 1 fully saturated rings. The second-order valence-electron chi connectivity index (χ2n) is 4.70.